The molecular formula is C23H36N2O2. The average molecular weight is 373 g/mol. The molecule has 1 atom stereocenters. The van der Waals surface area contributed by atoms with Gasteiger partial charge in [0.1, 0.15) is 0 Å². The monoisotopic (exact) mass is 372 g/mol. The molecule has 0 radical (unpaired) electrons. The van der Waals surface area contributed by atoms with E-state index in [1.807, 2.05) is 24.0 Å². The summed E-state index contributed by atoms with van der Waals surface area (Å²) >= 11 is 0. The highest BCUT2D eigenvalue weighted by Crippen LogP contribution is 2.35. The van der Waals surface area contributed by atoms with Gasteiger partial charge in [0.05, 0.1) is 6.10 Å². The van der Waals surface area contributed by atoms with Crippen molar-refractivity contribution >= 4 is 11.6 Å². The smallest absolute Gasteiger partial charge is 0.226 e. The number of aryl methyl sites for hydroxylation is 1. The first-order valence-corrected chi connectivity index (χ1v) is 10.6. The molecule has 150 valence electrons. The maximum Gasteiger partial charge on any atom is 0.226 e. The number of benzene rings is 1. The molecule has 0 aliphatic carbocycles. The van der Waals surface area contributed by atoms with Crippen molar-refractivity contribution in [3.8, 4) is 0 Å². The summed E-state index contributed by atoms with van der Waals surface area (Å²) < 4.78 is 0. The summed E-state index contributed by atoms with van der Waals surface area (Å²) in [5.74, 6) is 0.961. The van der Waals surface area contributed by atoms with Gasteiger partial charge >= 0.3 is 0 Å². The minimum Gasteiger partial charge on any atom is -0.387 e. The first-order valence-electron chi connectivity index (χ1n) is 10.6. The van der Waals surface area contributed by atoms with E-state index in [9.17, 15) is 9.90 Å². The van der Waals surface area contributed by atoms with Gasteiger partial charge in [-0.2, -0.15) is 0 Å². The van der Waals surface area contributed by atoms with Crippen molar-refractivity contribution in [1.82, 2.24) is 4.90 Å². The lowest BCUT2D eigenvalue weighted by molar-refractivity contribution is -0.118. The third-order valence-corrected chi connectivity index (χ3v) is 6.45. The molecule has 1 unspecified atom stereocenters. The number of carbonyl (C=O) groups excluding carboxylic acids is 1. The van der Waals surface area contributed by atoms with E-state index >= 15 is 0 Å². The van der Waals surface area contributed by atoms with Gasteiger partial charge in [0, 0.05) is 25.2 Å². The van der Waals surface area contributed by atoms with E-state index in [1.54, 1.807) is 0 Å². The number of anilines is 1. The van der Waals surface area contributed by atoms with E-state index in [-0.39, 0.29) is 5.91 Å². The van der Waals surface area contributed by atoms with Crippen molar-refractivity contribution in [2.75, 3.05) is 31.1 Å². The molecule has 2 heterocycles. The lowest BCUT2D eigenvalue weighted by Gasteiger charge is -2.39. The van der Waals surface area contributed by atoms with Crippen LogP contribution in [0.4, 0.5) is 5.69 Å². The van der Waals surface area contributed by atoms with Crippen LogP contribution in [0, 0.1) is 11.3 Å². The van der Waals surface area contributed by atoms with Gasteiger partial charge in [-0.1, -0.05) is 39.8 Å². The fourth-order valence-electron chi connectivity index (χ4n) is 4.61. The molecule has 1 aromatic carbocycles. The van der Waals surface area contributed by atoms with Crippen LogP contribution in [0.2, 0.25) is 0 Å². The van der Waals surface area contributed by atoms with Gasteiger partial charge in [-0.3, -0.25) is 4.79 Å². The minimum atomic E-state index is -0.460. The molecule has 4 nitrogen and oxygen atoms in total. The molecule has 27 heavy (non-hydrogen) atoms. The van der Waals surface area contributed by atoms with Crippen molar-refractivity contribution in [2.24, 2.45) is 11.3 Å². The van der Waals surface area contributed by atoms with Crippen molar-refractivity contribution < 1.29 is 9.90 Å². The Morgan fingerprint density at radius 2 is 1.93 bits per heavy atom. The molecule has 1 amide bonds. The van der Waals surface area contributed by atoms with Crippen LogP contribution >= 0.6 is 0 Å². The highest BCUT2D eigenvalue weighted by atomic mass is 16.3. The molecule has 0 spiro atoms. The average Bonchev–Trinajstić information content (AvgIpc) is 2.66. The third-order valence-electron chi connectivity index (χ3n) is 6.45. The zero-order valence-corrected chi connectivity index (χ0v) is 17.5. The summed E-state index contributed by atoms with van der Waals surface area (Å²) in [5, 5.41) is 10.8. The number of amides is 1. The minimum absolute atomic E-state index is 0.186. The van der Waals surface area contributed by atoms with Crippen LogP contribution < -0.4 is 4.90 Å². The van der Waals surface area contributed by atoms with E-state index in [2.05, 4.69) is 31.7 Å². The summed E-state index contributed by atoms with van der Waals surface area (Å²) in [4.78, 5) is 16.5. The summed E-state index contributed by atoms with van der Waals surface area (Å²) in [5.41, 5.74) is 3.60. The molecular weight excluding hydrogens is 336 g/mol. The summed E-state index contributed by atoms with van der Waals surface area (Å²) in [6, 6.07) is 6.16. The van der Waals surface area contributed by atoms with Crippen LogP contribution in [-0.2, 0) is 11.2 Å². The molecule has 1 aromatic rings. The van der Waals surface area contributed by atoms with Crippen LogP contribution in [0.15, 0.2) is 18.2 Å². The predicted octanol–water partition coefficient (Wildman–Crippen LogP) is 4.17. The van der Waals surface area contributed by atoms with E-state index in [0.29, 0.717) is 18.4 Å². The predicted molar refractivity (Wildman–Crippen MR) is 111 cm³/mol. The lowest BCUT2D eigenvalue weighted by Crippen LogP contribution is -2.40. The third kappa shape index (κ3) is 4.72. The Morgan fingerprint density at radius 3 is 2.56 bits per heavy atom. The maximum atomic E-state index is 12.2. The summed E-state index contributed by atoms with van der Waals surface area (Å²) in [7, 11) is 0. The molecule has 1 N–H and O–H groups in total. The Balaban J connectivity index is 1.63. The number of β-amino-alcohol motifs (C(OH)–C–C–N with tert-alkyl or cyclic N) is 1. The molecule has 0 saturated carbocycles. The van der Waals surface area contributed by atoms with Crippen LogP contribution in [0.3, 0.4) is 0 Å². The number of aliphatic hydroxyl groups is 1. The van der Waals surface area contributed by atoms with E-state index < -0.39 is 6.10 Å². The molecule has 2 aliphatic heterocycles. The standard InChI is InChI=1S/C23H36N2O2/c1-5-22(27)25-12-6-7-17-15-18(8-9-20(17)25)21(26)16-24-13-10-19(11-14-24)23(2,3)4/h8-9,15,19,21,26H,5-7,10-14,16H2,1-4H3. The molecule has 1 saturated heterocycles. The van der Waals surface area contributed by atoms with Crippen LogP contribution in [0.1, 0.15) is 70.6 Å². The van der Waals surface area contributed by atoms with Crippen molar-refractivity contribution in [1.29, 1.82) is 0 Å². The van der Waals surface area contributed by atoms with Gasteiger partial charge in [-0.05, 0) is 67.3 Å². The van der Waals surface area contributed by atoms with Gasteiger partial charge < -0.3 is 14.9 Å². The SMILES string of the molecule is CCC(=O)N1CCCc2cc(C(O)CN3CCC(C(C)(C)C)CC3)ccc21. The Kier molecular flexibility index (Phi) is 6.27. The lowest BCUT2D eigenvalue weighted by atomic mass is 9.75. The highest BCUT2D eigenvalue weighted by Gasteiger charge is 2.29. The Bertz CT molecular complexity index is 657. The summed E-state index contributed by atoms with van der Waals surface area (Å²) in [6.45, 7) is 12.6. The molecule has 0 aromatic heterocycles. The van der Waals surface area contributed by atoms with Gasteiger partial charge in [-0.15, -0.1) is 0 Å². The van der Waals surface area contributed by atoms with E-state index in [0.717, 1.165) is 49.6 Å². The number of piperidine rings is 1. The number of carbonyl (C=O) groups is 1. The zero-order valence-electron chi connectivity index (χ0n) is 17.5. The largest absolute Gasteiger partial charge is 0.387 e. The Labute approximate surface area is 164 Å². The second-order valence-electron chi connectivity index (χ2n) is 9.35. The van der Waals surface area contributed by atoms with Gasteiger partial charge in [0.2, 0.25) is 5.91 Å². The molecule has 0 bridgehead atoms. The first kappa shape index (κ1) is 20.3. The number of nitrogens with zero attached hydrogens (tertiary/aromatic N) is 2. The number of likely N-dealkylation sites (tertiary alicyclic amines) is 1. The van der Waals surface area contributed by atoms with Crippen molar-refractivity contribution in [2.45, 2.75) is 65.9 Å². The number of fused-ring (bicyclic) bond motifs is 1. The highest BCUT2D eigenvalue weighted by molar-refractivity contribution is 5.94. The second-order valence-corrected chi connectivity index (χ2v) is 9.35. The van der Waals surface area contributed by atoms with Gasteiger partial charge in [0.25, 0.3) is 0 Å². The summed E-state index contributed by atoms with van der Waals surface area (Å²) in [6.07, 6.45) is 4.50. The first-order chi connectivity index (χ1) is 12.8. The molecule has 2 aliphatic rings. The molecule has 3 rings (SSSR count). The zero-order chi connectivity index (χ0) is 19.6. The fraction of sp³-hybridized carbons (Fsp3) is 0.696. The van der Waals surface area contributed by atoms with E-state index in [1.165, 1.54) is 18.4 Å². The number of rotatable bonds is 4. The second kappa shape index (κ2) is 8.32. The number of hydrogen-bond acceptors (Lipinski definition) is 3. The molecule has 1 fully saturated rings. The topological polar surface area (TPSA) is 43.8 Å². The maximum absolute atomic E-state index is 12.2. The van der Waals surface area contributed by atoms with Crippen LogP contribution in [0.5, 0.6) is 0 Å². The van der Waals surface area contributed by atoms with Crippen LogP contribution in [0.25, 0.3) is 0 Å². The Morgan fingerprint density at radius 1 is 1.22 bits per heavy atom. The van der Waals surface area contributed by atoms with Gasteiger partial charge in [-0.25, -0.2) is 0 Å². The van der Waals surface area contributed by atoms with Crippen LogP contribution in [-0.4, -0.2) is 42.1 Å². The van der Waals surface area contributed by atoms with Gasteiger partial charge in [0.15, 0.2) is 0 Å². The Hall–Kier alpha value is -1.39. The normalized spacial score (nSPS) is 20.4. The van der Waals surface area contributed by atoms with Crippen molar-refractivity contribution in [3.63, 3.8) is 0 Å². The molecule has 4 heteroatoms. The number of aliphatic hydroxyl groups excluding tert-OH is 1. The quantitative estimate of drug-likeness (QED) is 0.863. The van der Waals surface area contributed by atoms with Crippen molar-refractivity contribution in [3.05, 3.63) is 29.3 Å². The van der Waals surface area contributed by atoms with E-state index in [4.69, 9.17) is 0 Å². The fourth-order valence-corrected chi connectivity index (χ4v) is 4.61. The number of hydrogen-bond donors (Lipinski definition) is 1.